The van der Waals surface area contributed by atoms with Crippen molar-refractivity contribution in [2.45, 2.75) is 18.9 Å². The van der Waals surface area contributed by atoms with Gasteiger partial charge in [0.25, 0.3) is 5.91 Å². The predicted molar refractivity (Wildman–Crippen MR) is 88.0 cm³/mol. The second kappa shape index (κ2) is 6.87. The highest BCUT2D eigenvalue weighted by Crippen LogP contribution is 2.22. The summed E-state index contributed by atoms with van der Waals surface area (Å²) in [5, 5.41) is 14.3. The Kier molecular flexibility index (Phi) is 4.90. The van der Waals surface area contributed by atoms with Gasteiger partial charge in [-0.05, 0) is 11.6 Å². The van der Waals surface area contributed by atoms with Crippen LogP contribution in [0.3, 0.4) is 0 Å². The Labute approximate surface area is 138 Å². The number of carboxylic acids is 1. The number of carbonyl (C=O) groups excluding carboxylic acids is 2. The molecule has 0 aliphatic carbocycles. The molecule has 124 valence electrons. The predicted octanol–water partition coefficient (Wildman–Crippen LogP) is 0.419. The van der Waals surface area contributed by atoms with Gasteiger partial charge in [0.2, 0.25) is 5.91 Å². The van der Waals surface area contributed by atoms with E-state index in [9.17, 15) is 14.4 Å². The molecule has 0 radical (unpaired) electrons. The normalized spacial score (nSPS) is 12.8. The van der Waals surface area contributed by atoms with E-state index in [1.54, 1.807) is 6.20 Å². The number of carboxylic acid groups (broad SMARTS) is 1. The van der Waals surface area contributed by atoms with Crippen LogP contribution in [-0.2, 0) is 20.8 Å². The van der Waals surface area contributed by atoms with Gasteiger partial charge in [-0.25, -0.2) is 0 Å². The first kappa shape index (κ1) is 17.1. The van der Waals surface area contributed by atoms with Crippen LogP contribution in [0, 0.1) is 12.3 Å². The minimum absolute atomic E-state index is 0.0263. The first-order chi connectivity index (χ1) is 11.4. The molecule has 2 amide bonds. The molecule has 7 nitrogen and oxygen atoms in total. The Morgan fingerprint density at radius 3 is 2.67 bits per heavy atom. The van der Waals surface area contributed by atoms with Crippen LogP contribution in [0.15, 0.2) is 30.5 Å². The number of hydrogen-bond acceptors (Lipinski definition) is 3. The molecule has 4 N–H and O–H groups in total. The largest absolute Gasteiger partial charge is 0.480 e. The summed E-state index contributed by atoms with van der Waals surface area (Å²) >= 11 is 0. The lowest BCUT2D eigenvalue weighted by atomic mass is 9.90. The molecule has 0 aliphatic heterocycles. The molecule has 1 aromatic heterocycles. The number of aliphatic carboxylic acids is 1. The number of fused-ring (bicyclic) bond motifs is 1. The van der Waals surface area contributed by atoms with Crippen LogP contribution >= 0.6 is 0 Å². The van der Waals surface area contributed by atoms with Gasteiger partial charge in [0, 0.05) is 30.4 Å². The van der Waals surface area contributed by atoms with Crippen LogP contribution in [0.4, 0.5) is 0 Å². The van der Waals surface area contributed by atoms with Gasteiger partial charge in [0.05, 0.1) is 0 Å². The lowest BCUT2D eigenvalue weighted by Gasteiger charge is -2.27. The molecule has 0 spiro atoms. The third-order valence-corrected chi connectivity index (χ3v) is 3.55. The molecule has 0 aliphatic rings. The van der Waals surface area contributed by atoms with E-state index in [-0.39, 0.29) is 6.42 Å². The van der Waals surface area contributed by atoms with E-state index in [0.717, 1.165) is 16.5 Å². The zero-order valence-electron chi connectivity index (χ0n) is 13.1. The molecule has 1 heterocycles. The highest BCUT2D eigenvalue weighted by Gasteiger charge is 2.38. The average molecular weight is 327 g/mol. The van der Waals surface area contributed by atoms with Gasteiger partial charge in [-0.1, -0.05) is 24.1 Å². The van der Waals surface area contributed by atoms with Crippen molar-refractivity contribution in [2.24, 2.45) is 0 Å². The smallest absolute Gasteiger partial charge is 0.322 e. The first-order valence-corrected chi connectivity index (χ1v) is 7.19. The Morgan fingerprint density at radius 1 is 1.33 bits per heavy atom. The van der Waals surface area contributed by atoms with Crippen LogP contribution in [0.25, 0.3) is 10.9 Å². The molecule has 0 bridgehead atoms. The molecule has 2 aromatic rings. The van der Waals surface area contributed by atoms with E-state index in [2.05, 4.69) is 21.5 Å². The summed E-state index contributed by atoms with van der Waals surface area (Å²) in [6.45, 7) is 0.654. The lowest BCUT2D eigenvalue weighted by Crippen LogP contribution is -2.59. The van der Waals surface area contributed by atoms with Gasteiger partial charge < -0.3 is 20.7 Å². The molecule has 1 atom stereocenters. The lowest BCUT2D eigenvalue weighted by molar-refractivity contribution is -0.139. The molecule has 1 aromatic carbocycles. The molecule has 2 rings (SSSR count). The van der Waals surface area contributed by atoms with Crippen LogP contribution in [0.5, 0.6) is 0 Å². The van der Waals surface area contributed by atoms with Gasteiger partial charge in [0.15, 0.2) is 5.54 Å². The second-order valence-electron chi connectivity index (χ2n) is 5.34. The minimum Gasteiger partial charge on any atom is -0.480 e. The Bertz CT molecular complexity index is 834. The monoisotopic (exact) mass is 327 g/mol. The van der Waals surface area contributed by atoms with Crippen LogP contribution in [0.1, 0.15) is 12.5 Å². The Morgan fingerprint density at radius 2 is 2.04 bits per heavy atom. The maximum absolute atomic E-state index is 12.5. The number of benzene rings is 1. The SMILES string of the molecule is C#CC(Cc1c[nH]c2ccccc12)(NC(C)=O)C(=O)NCC(=O)O. The molecule has 7 heteroatoms. The van der Waals surface area contributed by atoms with E-state index in [4.69, 9.17) is 11.5 Å². The number of aromatic nitrogens is 1. The average Bonchev–Trinajstić information content (AvgIpc) is 2.94. The summed E-state index contributed by atoms with van der Waals surface area (Å²) in [5.41, 5.74) is -0.0679. The van der Waals surface area contributed by atoms with Crippen LogP contribution < -0.4 is 10.6 Å². The Balaban J connectivity index is 2.38. The van der Waals surface area contributed by atoms with Gasteiger partial charge in [-0.2, -0.15) is 0 Å². The third kappa shape index (κ3) is 3.55. The van der Waals surface area contributed by atoms with Crippen molar-refractivity contribution < 1.29 is 19.5 Å². The molecule has 0 saturated heterocycles. The fraction of sp³-hybridized carbons (Fsp3) is 0.235. The van der Waals surface area contributed by atoms with Crippen molar-refractivity contribution in [2.75, 3.05) is 6.54 Å². The fourth-order valence-corrected chi connectivity index (χ4v) is 2.50. The summed E-state index contributed by atoms with van der Waals surface area (Å²) < 4.78 is 0. The number of hydrogen-bond donors (Lipinski definition) is 4. The van der Waals surface area contributed by atoms with E-state index >= 15 is 0 Å². The standard InChI is InChI=1S/C17H17N3O4/c1-3-17(20-11(2)21,16(24)19-10-15(22)23)8-12-9-18-14-7-5-4-6-13(12)14/h1,4-7,9,18H,8,10H2,2H3,(H,19,24)(H,20,21)(H,22,23). The quantitative estimate of drug-likeness (QED) is 0.576. The number of carbonyl (C=O) groups is 3. The molecule has 0 saturated carbocycles. The maximum Gasteiger partial charge on any atom is 0.322 e. The van der Waals surface area contributed by atoms with Crippen molar-refractivity contribution in [3.8, 4) is 12.3 Å². The number of aromatic amines is 1. The first-order valence-electron chi connectivity index (χ1n) is 7.19. The summed E-state index contributed by atoms with van der Waals surface area (Å²) in [5.74, 6) is -0.112. The molecular weight excluding hydrogens is 310 g/mol. The highest BCUT2D eigenvalue weighted by atomic mass is 16.4. The van der Waals surface area contributed by atoms with Gasteiger partial charge in [0.1, 0.15) is 6.54 Å². The number of para-hydroxylation sites is 1. The molecule has 0 fully saturated rings. The van der Waals surface area contributed by atoms with Gasteiger partial charge in [-0.3, -0.25) is 14.4 Å². The van der Waals surface area contributed by atoms with E-state index in [0.29, 0.717) is 0 Å². The molecular formula is C17H17N3O4. The number of terminal acetylenes is 1. The zero-order chi connectivity index (χ0) is 17.7. The number of H-pyrrole nitrogens is 1. The van der Waals surface area contributed by atoms with Crippen molar-refractivity contribution in [1.29, 1.82) is 0 Å². The van der Waals surface area contributed by atoms with Gasteiger partial charge >= 0.3 is 5.97 Å². The third-order valence-electron chi connectivity index (χ3n) is 3.55. The van der Waals surface area contributed by atoms with Crippen LogP contribution in [-0.4, -0.2) is 40.0 Å². The summed E-state index contributed by atoms with van der Waals surface area (Å²) in [6, 6.07) is 7.45. The summed E-state index contributed by atoms with van der Waals surface area (Å²) in [7, 11) is 0. The topological polar surface area (TPSA) is 111 Å². The van der Waals surface area contributed by atoms with Crippen molar-refractivity contribution >= 4 is 28.7 Å². The summed E-state index contributed by atoms with van der Waals surface area (Å²) in [6.07, 6.45) is 7.28. The maximum atomic E-state index is 12.5. The summed E-state index contributed by atoms with van der Waals surface area (Å²) in [4.78, 5) is 37.7. The van der Waals surface area contributed by atoms with Crippen molar-refractivity contribution in [3.05, 3.63) is 36.0 Å². The van der Waals surface area contributed by atoms with Gasteiger partial charge in [-0.15, -0.1) is 6.42 Å². The van der Waals surface area contributed by atoms with E-state index in [1.807, 2.05) is 24.3 Å². The second-order valence-corrected chi connectivity index (χ2v) is 5.34. The van der Waals surface area contributed by atoms with Crippen molar-refractivity contribution in [1.82, 2.24) is 15.6 Å². The van der Waals surface area contributed by atoms with Crippen LogP contribution in [0.2, 0.25) is 0 Å². The number of amides is 2. The highest BCUT2D eigenvalue weighted by molar-refractivity contribution is 5.96. The minimum atomic E-state index is -1.67. The van der Waals surface area contributed by atoms with E-state index < -0.39 is 29.9 Å². The molecule has 24 heavy (non-hydrogen) atoms. The van der Waals surface area contributed by atoms with E-state index in [1.165, 1.54) is 6.92 Å². The Hall–Kier alpha value is -3.27. The zero-order valence-corrected chi connectivity index (χ0v) is 13.1. The molecule has 1 unspecified atom stereocenters. The van der Waals surface area contributed by atoms with Crippen molar-refractivity contribution in [3.63, 3.8) is 0 Å². The number of rotatable bonds is 6. The fourth-order valence-electron chi connectivity index (χ4n) is 2.50. The number of nitrogens with one attached hydrogen (secondary N) is 3.